The summed E-state index contributed by atoms with van der Waals surface area (Å²) in [6.07, 6.45) is -2.90. The molecule has 0 aliphatic heterocycles. The number of aliphatic carboxylic acids is 2. The number of carboxylic acids is 2. The summed E-state index contributed by atoms with van der Waals surface area (Å²) in [6.45, 7) is 2.04. The number of Topliss-reactive ketones (excluding diaryl/α,β-unsaturated/α-hetero) is 1. The highest BCUT2D eigenvalue weighted by Gasteiger charge is 2.38. The third kappa shape index (κ3) is 9.82. The molecular weight excluding hydrogens is 321 g/mol. The van der Waals surface area contributed by atoms with Crippen LogP contribution >= 0.6 is 0 Å². The quantitative estimate of drug-likeness (QED) is 0.538. The van der Waals surface area contributed by atoms with E-state index >= 15 is 0 Å². The Morgan fingerprint density at radius 2 is 1.78 bits per heavy atom. The van der Waals surface area contributed by atoms with Gasteiger partial charge in [-0.25, -0.2) is 9.78 Å². The number of nitrogens with zero attached hydrogens (tertiary/aromatic N) is 1. The van der Waals surface area contributed by atoms with Crippen LogP contribution in [0, 0.1) is 0 Å². The van der Waals surface area contributed by atoms with Gasteiger partial charge in [-0.05, 0) is 25.5 Å². The lowest BCUT2D eigenvalue weighted by molar-refractivity contribution is -0.192. The van der Waals surface area contributed by atoms with E-state index in [1.54, 1.807) is 12.1 Å². The van der Waals surface area contributed by atoms with Crippen LogP contribution in [0.4, 0.5) is 19.0 Å². The van der Waals surface area contributed by atoms with E-state index in [4.69, 9.17) is 15.0 Å². The Kier molecular flexibility index (Phi) is 8.30. The first-order valence-electron chi connectivity index (χ1n) is 6.26. The van der Waals surface area contributed by atoms with Crippen molar-refractivity contribution in [3.63, 3.8) is 0 Å². The lowest BCUT2D eigenvalue weighted by Gasteiger charge is -2.04. The zero-order valence-corrected chi connectivity index (χ0v) is 12.1. The van der Waals surface area contributed by atoms with Crippen LogP contribution in [0.1, 0.15) is 30.1 Å². The van der Waals surface area contributed by atoms with E-state index in [1.165, 1.54) is 13.1 Å². The van der Waals surface area contributed by atoms with Crippen LogP contribution in [-0.2, 0) is 9.59 Å². The van der Waals surface area contributed by atoms with Crippen LogP contribution in [0.25, 0.3) is 0 Å². The summed E-state index contributed by atoms with van der Waals surface area (Å²) in [5.74, 6) is -2.94. The number of carboxylic acid groups (broad SMARTS) is 2. The second-order valence-electron chi connectivity index (χ2n) is 4.22. The van der Waals surface area contributed by atoms with E-state index in [-0.39, 0.29) is 12.2 Å². The molecule has 0 bridgehead atoms. The monoisotopic (exact) mass is 336 g/mol. The van der Waals surface area contributed by atoms with Crippen molar-refractivity contribution in [2.45, 2.75) is 25.9 Å². The number of hydrogen-bond acceptors (Lipinski definition) is 5. The van der Waals surface area contributed by atoms with Gasteiger partial charge in [-0.2, -0.15) is 13.2 Å². The maximum absolute atomic E-state index is 11.0. The fourth-order valence-electron chi connectivity index (χ4n) is 1.16. The topological polar surface area (TPSA) is 117 Å². The molecule has 23 heavy (non-hydrogen) atoms. The van der Waals surface area contributed by atoms with E-state index in [0.29, 0.717) is 24.3 Å². The van der Waals surface area contributed by atoms with Crippen molar-refractivity contribution < 1.29 is 37.8 Å². The summed E-state index contributed by atoms with van der Waals surface area (Å²) in [6, 6.07) is 3.40. The van der Waals surface area contributed by atoms with E-state index < -0.39 is 18.1 Å². The van der Waals surface area contributed by atoms with Crippen LogP contribution in [0.3, 0.4) is 0 Å². The average molecular weight is 336 g/mol. The van der Waals surface area contributed by atoms with Crippen molar-refractivity contribution in [1.82, 2.24) is 4.98 Å². The van der Waals surface area contributed by atoms with Crippen LogP contribution in [0.5, 0.6) is 0 Å². The highest BCUT2D eigenvalue weighted by atomic mass is 19.4. The molecule has 0 fully saturated rings. The molecule has 128 valence electrons. The largest absolute Gasteiger partial charge is 0.490 e. The minimum absolute atomic E-state index is 0.0232. The summed E-state index contributed by atoms with van der Waals surface area (Å²) < 4.78 is 31.7. The van der Waals surface area contributed by atoms with Gasteiger partial charge in [0.25, 0.3) is 0 Å². The van der Waals surface area contributed by atoms with Crippen molar-refractivity contribution in [1.29, 1.82) is 0 Å². The molecule has 0 spiro atoms. The summed E-state index contributed by atoms with van der Waals surface area (Å²) in [5.41, 5.74) is 0.566. The van der Waals surface area contributed by atoms with Crippen molar-refractivity contribution in [2.75, 3.05) is 11.9 Å². The number of carbonyl (C=O) groups excluding carboxylic acids is 1. The number of aromatic nitrogens is 1. The van der Waals surface area contributed by atoms with Crippen LogP contribution in [0.15, 0.2) is 18.3 Å². The molecule has 0 amide bonds. The van der Waals surface area contributed by atoms with Crippen LogP contribution in [-0.4, -0.2) is 45.6 Å². The van der Waals surface area contributed by atoms with Gasteiger partial charge in [0.05, 0.1) is 0 Å². The zero-order valence-electron chi connectivity index (χ0n) is 12.1. The Hall–Kier alpha value is -2.65. The van der Waals surface area contributed by atoms with E-state index in [2.05, 4.69) is 10.3 Å². The predicted octanol–water partition coefficient (Wildman–Crippen LogP) is 2.19. The fourth-order valence-corrected chi connectivity index (χ4v) is 1.16. The van der Waals surface area contributed by atoms with Gasteiger partial charge >= 0.3 is 18.1 Å². The molecule has 0 radical (unpaired) electrons. The first-order valence-corrected chi connectivity index (χ1v) is 6.26. The second-order valence-corrected chi connectivity index (χ2v) is 4.22. The Morgan fingerprint density at radius 1 is 1.22 bits per heavy atom. The zero-order chi connectivity index (χ0) is 18.0. The normalized spacial score (nSPS) is 10.3. The van der Waals surface area contributed by atoms with Crippen LogP contribution < -0.4 is 5.32 Å². The van der Waals surface area contributed by atoms with Gasteiger partial charge in [0, 0.05) is 24.7 Å². The van der Waals surface area contributed by atoms with Gasteiger partial charge in [-0.1, -0.05) is 0 Å². The van der Waals surface area contributed by atoms with Crippen molar-refractivity contribution in [3.8, 4) is 0 Å². The number of carbonyl (C=O) groups is 3. The lowest BCUT2D eigenvalue weighted by Crippen LogP contribution is -2.21. The third-order valence-corrected chi connectivity index (χ3v) is 2.29. The smallest absolute Gasteiger partial charge is 0.481 e. The number of rotatable bonds is 6. The number of halogens is 3. The first kappa shape index (κ1) is 20.3. The molecule has 0 aromatic carbocycles. The predicted molar refractivity (Wildman–Crippen MR) is 73.3 cm³/mol. The Morgan fingerprint density at radius 3 is 2.13 bits per heavy atom. The first-order chi connectivity index (χ1) is 10.5. The highest BCUT2D eigenvalue weighted by Crippen LogP contribution is 2.13. The molecule has 1 aromatic rings. The van der Waals surface area contributed by atoms with Crippen molar-refractivity contribution in [3.05, 3.63) is 23.9 Å². The van der Waals surface area contributed by atoms with Crippen LogP contribution in [0.2, 0.25) is 0 Å². The molecule has 0 saturated carbocycles. The highest BCUT2D eigenvalue weighted by molar-refractivity contribution is 5.93. The minimum Gasteiger partial charge on any atom is -0.481 e. The molecule has 0 saturated heterocycles. The Bertz CT molecular complexity index is 544. The third-order valence-electron chi connectivity index (χ3n) is 2.29. The van der Waals surface area contributed by atoms with Crippen molar-refractivity contribution in [2.24, 2.45) is 0 Å². The summed E-state index contributed by atoms with van der Waals surface area (Å²) in [4.78, 5) is 34.1. The van der Waals surface area contributed by atoms with E-state index in [1.807, 2.05) is 0 Å². The SMILES string of the molecule is CC(=O)c1ccc(NCCCC(=O)O)nc1.O=C(O)C(F)(F)F. The molecule has 1 aromatic heterocycles. The molecule has 0 aliphatic rings. The standard InChI is InChI=1S/C11H14N2O3.C2HF3O2/c1-8(14)9-4-5-10(13-7-9)12-6-2-3-11(15)16;3-2(4,5)1(6)7/h4-5,7H,2-3,6H2,1H3,(H,12,13)(H,15,16);(H,6,7). The number of pyridine rings is 1. The average Bonchev–Trinajstić information content (AvgIpc) is 2.43. The summed E-state index contributed by atoms with van der Waals surface area (Å²) >= 11 is 0. The summed E-state index contributed by atoms with van der Waals surface area (Å²) in [5, 5.41) is 18.5. The maximum atomic E-state index is 11.0. The minimum atomic E-state index is -5.08. The van der Waals surface area contributed by atoms with Gasteiger partial charge in [0.2, 0.25) is 0 Å². The number of hydrogen-bond donors (Lipinski definition) is 3. The Balaban J connectivity index is 0.000000585. The second kappa shape index (κ2) is 9.38. The number of anilines is 1. The van der Waals surface area contributed by atoms with Gasteiger partial charge in [0.15, 0.2) is 5.78 Å². The van der Waals surface area contributed by atoms with Gasteiger partial charge in [-0.15, -0.1) is 0 Å². The van der Waals surface area contributed by atoms with Gasteiger partial charge < -0.3 is 15.5 Å². The molecule has 0 atom stereocenters. The van der Waals surface area contributed by atoms with E-state index in [0.717, 1.165) is 0 Å². The summed E-state index contributed by atoms with van der Waals surface area (Å²) in [7, 11) is 0. The molecule has 10 heteroatoms. The number of ketones is 1. The Labute approximate surface area is 129 Å². The molecule has 1 rings (SSSR count). The van der Waals surface area contributed by atoms with Gasteiger partial charge in [0.1, 0.15) is 5.82 Å². The fraction of sp³-hybridized carbons (Fsp3) is 0.385. The molecule has 0 unspecified atom stereocenters. The van der Waals surface area contributed by atoms with E-state index in [9.17, 15) is 22.8 Å². The number of alkyl halides is 3. The molecular formula is C13H15F3N2O5. The molecule has 3 N–H and O–H groups in total. The lowest BCUT2D eigenvalue weighted by atomic mass is 10.2. The molecule has 0 aliphatic carbocycles. The maximum Gasteiger partial charge on any atom is 0.490 e. The van der Waals surface area contributed by atoms with Crippen molar-refractivity contribution >= 4 is 23.5 Å². The number of nitrogens with one attached hydrogen (secondary N) is 1. The van der Waals surface area contributed by atoms with Gasteiger partial charge in [-0.3, -0.25) is 9.59 Å². The molecule has 7 nitrogen and oxygen atoms in total. The molecule has 1 heterocycles.